The van der Waals surface area contributed by atoms with E-state index < -0.39 is 12.0 Å². The molecule has 0 aliphatic carbocycles. The highest BCUT2D eigenvalue weighted by atomic mass is 16.4. The van der Waals surface area contributed by atoms with Gasteiger partial charge in [0.2, 0.25) is 0 Å². The Bertz CT molecular complexity index is 216. The van der Waals surface area contributed by atoms with E-state index in [9.17, 15) is 4.79 Å². The van der Waals surface area contributed by atoms with E-state index in [2.05, 4.69) is 18.7 Å². The van der Waals surface area contributed by atoms with Crippen LogP contribution in [0.15, 0.2) is 0 Å². The summed E-state index contributed by atoms with van der Waals surface area (Å²) in [6, 6.07) is -0.405. The first kappa shape index (κ1) is 11.5. The lowest BCUT2D eigenvalue weighted by atomic mass is 9.99. The van der Waals surface area contributed by atoms with Gasteiger partial charge in [0.1, 0.15) is 6.04 Å². The second-order valence-corrected chi connectivity index (χ2v) is 4.54. The normalized spacial score (nSPS) is 23.6. The van der Waals surface area contributed by atoms with Gasteiger partial charge in [-0.15, -0.1) is 0 Å². The highest BCUT2D eigenvalue weighted by Gasteiger charge is 2.39. The zero-order valence-electron chi connectivity index (χ0n) is 8.99. The lowest BCUT2D eigenvalue weighted by molar-refractivity contribution is -0.145. The molecule has 1 saturated heterocycles. The number of rotatable bonds is 4. The average molecular weight is 200 g/mol. The average Bonchev–Trinajstić information content (AvgIpc) is 2.40. The van der Waals surface area contributed by atoms with Crippen LogP contribution in [0.25, 0.3) is 0 Å². The number of aliphatic carboxylic acids is 1. The maximum atomic E-state index is 11.1. The number of carbonyl (C=O) groups is 1. The fourth-order valence-electron chi connectivity index (χ4n) is 2.28. The van der Waals surface area contributed by atoms with E-state index in [4.69, 9.17) is 10.8 Å². The molecule has 0 spiro atoms. The van der Waals surface area contributed by atoms with Crippen molar-refractivity contribution in [3.05, 3.63) is 0 Å². The van der Waals surface area contributed by atoms with Crippen LogP contribution in [0.5, 0.6) is 0 Å². The van der Waals surface area contributed by atoms with Crippen molar-refractivity contribution in [2.24, 2.45) is 5.73 Å². The van der Waals surface area contributed by atoms with E-state index in [1.54, 1.807) is 0 Å². The van der Waals surface area contributed by atoms with Crippen LogP contribution in [-0.4, -0.2) is 40.6 Å². The number of nitrogens with zero attached hydrogens (tertiary/aromatic N) is 1. The van der Waals surface area contributed by atoms with E-state index in [-0.39, 0.29) is 5.54 Å². The molecule has 1 atom stereocenters. The summed E-state index contributed by atoms with van der Waals surface area (Å²) < 4.78 is 0. The van der Waals surface area contributed by atoms with E-state index in [0.717, 1.165) is 19.4 Å². The summed E-state index contributed by atoms with van der Waals surface area (Å²) in [4.78, 5) is 13.1. The molecule has 0 radical (unpaired) electrons. The number of hydrogen-bond donors (Lipinski definition) is 2. The monoisotopic (exact) mass is 200 g/mol. The molecule has 1 rings (SSSR count). The number of carboxylic acids is 1. The first-order chi connectivity index (χ1) is 6.49. The van der Waals surface area contributed by atoms with Crippen LogP contribution in [0.1, 0.15) is 33.1 Å². The van der Waals surface area contributed by atoms with Crippen molar-refractivity contribution in [3.63, 3.8) is 0 Å². The summed E-state index contributed by atoms with van der Waals surface area (Å²) in [7, 11) is 0. The van der Waals surface area contributed by atoms with E-state index in [1.165, 1.54) is 0 Å². The minimum atomic E-state index is -0.745. The molecule has 14 heavy (non-hydrogen) atoms. The van der Waals surface area contributed by atoms with Gasteiger partial charge in [0.25, 0.3) is 0 Å². The van der Waals surface area contributed by atoms with Gasteiger partial charge in [0.15, 0.2) is 0 Å². The minimum absolute atomic E-state index is 0.0121. The molecule has 0 bridgehead atoms. The van der Waals surface area contributed by atoms with E-state index in [0.29, 0.717) is 13.0 Å². The van der Waals surface area contributed by atoms with E-state index >= 15 is 0 Å². The SMILES string of the molecule is CC1(C)CCCN1C(CCN)C(=O)O. The zero-order valence-corrected chi connectivity index (χ0v) is 8.99. The van der Waals surface area contributed by atoms with Crippen molar-refractivity contribution in [3.8, 4) is 0 Å². The molecule has 0 aromatic heterocycles. The standard InChI is InChI=1S/C10H20N2O2/c1-10(2)5-3-7-12(10)8(4-6-11)9(13)14/h8H,3-7,11H2,1-2H3,(H,13,14). The third-order valence-corrected chi connectivity index (χ3v) is 3.07. The second kappa shape index (κ2) is 4.28. The van der Waals surface area contributed by atoms with Crippen molar-refractivity contribution in [2.75, 3.05) is 13.1 Å². The van der Waals surface area contributed by atoms with E-state index in [1.807, 2.05) is 0 Å². The summed E-state index contributed by atoms with van der Waals surface area (Å²) in [6.45, 7) is 5.52. The lowest BCUT2D eigenvalue weighted by Gasteiger charge is -2.36. The van der Waals surface area contributed by atoms with Crippen molar-refractivity contribution < 1.29 is 9.90 Å². The van der Waals surface area contributed by atoms with Crippen LogP contribution >= 0.6 is 0 Å². The van der Waals surface area contributed by atoms with Crippen LogP contribution in [-0.2, 0) is 4.79 Å². The maximum Gasteiger partial charge on any atom is 0.320 e. The van der Waals surface area contributed by atoms with Gasteiger partial charge < -0.3 is 10.8 Å². The Balaban J connectivity index is 2.72. The molecule has 0 aromatic rings. The molecule has 1 unspecified atom stereocenters. The van der Waals surface area contributed by atoms with Gasteiger partial charge >= 0.3 is 5.97 Å². The van der Waals surface area contributed by atoms with Gasteiger partial charge in [-0.3, -0.25) is 9.69 Å². The van der Waals surface area contributed by atoms with Crippen LogP contribution in [0, 0.1) is 0 Å². The van der Waals surface area contributed by atoms with Crippen LogP contribution in [0.2, 0.25) is 0 Å². The van der Waals surface area contributed by atoms with Crippen molar-refractivity contribution in [1.82, 2.24) is 4.90 Å². The Hall–Kier alpha value is -0.610. The highest BCUT2D eigenvalue weighted by Crippen LogP contribution is 2.31. The summed E-state index contributed by atoms with van der Waals surface area (Å²) in [5, 5.41) is 9.10. The predicted octanol–water partition coefficient (Wildman–Crippen LogP) is 0.663. The molecule has 82 valence electrons. The zero-order chi connectivity index (χ0) is 10.8. The molecule has 0 saturated carbocycles. The maximum absolute atomic E-state index is 11.1. The highest BCUT2D eigenvalue weighted by molar-refractivity contribution is 5.73. The van der Waals surface area contributed by atoms with Gasteiger partial charge in [-0.25, -0.2) is 0 Å². The first-order valence-electron chi connectivity index (χ1n) is 5.18. The summed E-state index contributed by atoms with van der Waals surface area (Å²) in [6.07, 6.45) is 2.70. The minimum Gasteiger partial charge on any atom is -0.480 e. The van der Waals surface area contributed by atoms with Gasteiger partial charge in [0.05, 0.1) is 0 Å². The third kappa shape index (κ3) is 2.25. The molecule has 4 nitrogen and oxygen atoms in total. The Morgan fingerprint density at radius 3 is 2.64 bits per heavy atom. The van der Waals surface area contributed by atoms with Crippen LogP contribution in [0.4, 0.5) is 0 Å². The molecule has 1 heterocycles. The van der Waals surface area contributed by atoms with Crippen molar-refractivity contribution in [2.45, 2.75) is 44.7 Å². The Morgan fingerprint density at radius 2 is 2.29 bits per heavy atom. The number of carboxylic acid groups (broad SMARTS) is 1. The predicted molar refractivity (Wildman–Crippen MR) is 55.1 cm³/mol. The Morgan fingerprint density at radius 1 is 1.64 bits per heavy atom. The molecular weight excluding hydrogens is 180 g/mol. The smallest absolute Gasteiger partial charge is 0.320 e. The van der Waals surface area contributed by atoms with Crippen molar-refractivity contribution in [1.29, 1.82) is 0 Å². The summed E-state index contributed by atoms with van der Waals surface area (Å²) in [5.74, 6) is -0.745. The van der Waals surface area contributed by atoms with Crippen LogP contribution in [0.3, 0.4) is 0 Å². The summed E-state index contributed by atoms with van der Waals surface area (Å²) in [5.41, 5.74) is 5.45. The molecule has 0 aromatic carbocycles. The topological polar surface area (TPSA) is 66.6 Å². The molecular formula is C10H20N2O2. The van der Waals surface area contributed by atoms with Gasteiger partial charge in [-0.2, -0.15) is 0 Å². The Labute approximate surface area is 85.1 Å². The molecule has 3 N–H and O–H groups in total. The van der Waals surface area contributed by atoms with Gasteiger partial charge in [-0.1, -0.05) is 0 Å². The number of nitrogens with two attached hydrogens (primary N) is 1. The molecule has 1 fully saturated rings. The van der Waals surface area contributed by atoms with Crippen LogP contribution < -0.4 is 5.73 Å². The number of likely N-dealkylation sites (tertiary alicyclic amines) is 1. The molecule has 4 heteroatoms. The first-order valence-corrected chi connectivity index (χ1v) is 5.18. The lowest BCUT2D eigenvalue weighted by Crippen LogP contribution is -2.49. The second-order valence-electron chi connectivity index (χ2n) is 4.54. The molecule has 0 amide bonds. The van der Waals surface area contributed by atoms with Gasteiger partial charge in [-0.05, 0) is 46.2 Å². The fraction of sp³-hybridized carbons (Fsp3) is 0.900. The Kier molecular flexibility index (Phi) is 3.50. The molecule has 1 aliphatic rings. The van der Waals surface area contributed by atoms with Gasteiger partial charge in [0, 0.05) is 5.54 Å². The fourth-order valence-corrected chi connectivity index (χ4v) is 2.28. The summed E-state index contributed by atoms with van der Waals surface area (Å²) >= 11 is 0. The van der Waals surface area contributed by atoms with Crippen molar-refractivity contribution >= 4 is 5.97 Å². The third-order valence-electron chi connectivity index (χ3n) is 3.07. The number of hydrogen-bond acceptors (Lipinski definition) is 3. The largest absolute Gasteiger partial charge is 0.480 e. The quantitative estimate of drug-likeness (QED) is 0.699. The molecule has 1 aliphatic heterocycles.